The fourth-order valence-electron chi connectivity index (χ4n) is 2.57. The summed E-state index contributed by atoms with van der Waals surface area (Å²) < 4.78 is 6.16. The number of nitrogens with one attached hydrogen (secondary N) is 2. The first kappa shape index (κ1) is 16.4. The normalized spacial score (nSPS) is 16.5. The predicted molar refractivity (Wildman–Crippen MR) is 99.6 cm³/mol. The number of fused-ring (bicyclic) bond motifs is 1. The minimum absolute atomic E-state index is 0.0772. The zero-order valence-corrected chi connectivity index (χ0v) is 16.0. The average Bonchev–Trinajstić information content (AvgIpc) is 2.79. The molecule has 1 aliphatic rings. The Morgan fingerprint density at radius 3 is 2.78 bits per heavy atom. The van der Waals surface area contributed by atoms with Crippen molar-refractivity contribution in [1.29, 1.82) is 0 Å². The van der Waals surface area contributed by atoms with Crippen LogP contribution in [-0.4, -0.2) is 17.6 Å². The molecule has 1 unspecified atom stereocenters. The molecule has 0 saturated heterocycles. The highest BCUT2D eigenvalue weighted by atomic mass is 127. The summed E-state index contributed by atoms with van der Waals surface area (Å²) in [6.07, 6.45) is -0.347. The van der Waals surface area contributed by atoms with Crippen LogP contribution >= 0.6 is 33.9 Å². The first-order valence-corrected chi connectivity index (χ1v) is 9.14. The Balaban J connectivity index is 1.99. The summed E-state index contributed by atoms with van der Waals surface area (Å²) in [7, 11) is 0. The van der Waals surface area contributed by atoms with Crippen molar-refractivity contribution in [3.63, 3.8) is 0 Å². The highest BCUT2D eigenvalue weighted by Crippen LogP contribution is 2.39. The molecule has 0 bridgehead atoms. The van der Waals surface area contributed by atoms with Crippen molar-refractivity contribution in [2.45, 2.75) is 26.9 Å². The number of aromatic hydroxyl groups is 1. The lowest BCUT2D eigenvalue weighted by molar-refractivity contribution is 0.0935. The molecule has 0 saturated carbocycles. The Morgan fingerprint density at radius 2 is 2.09 bits per heavy atom. The van der Waals surface area contributed by atoms with Gasteiger partial charge < -0.3 is 20.5 Å². The van der Waals surface area contributed by atoms with E-state index >= 15 is 0 Å². The maximum atomic E-state index is 12.4. The Bertz CT molecular complexity index is 788. The molecule has 23 heavy (non-hydrogen) atoms. The fourth-order valence-corrected chi connectivity index (χ4v) is 4.28. The molecule has 3 rings (SSSR count). The molecular weight excluding hydrogens is 427 g/mol. The number of halogens is 1. The highest BCUT2D eigenvalue weighted by molar-refractivity contribution is 14.1. The quantitative estimate of drug-likeness (QED) is 0.628. The van der Waals surface area contributed by atoms with Gasteiger partial charge in [0.05, 0.1) is 15.7 Å². The van der Waals surface area contributed by atoms with Gasteiger partial charge in [-0.3, -0.25) is 4.79 Å². The second-order valence-electron chi connectivity index (χ2n) is 5.32. The van der Waals surface area contributed by atoms with Crippen LogP contribution in [0.5, 0.6) is 11.5 Å². The van der Waals surface area contributed by atoms with Gasteiger partial charge in [-0.1, -0.05) is 0 Å². The molecule has 0 aliphatic carbocycles. The fraction of sp³-hybridized carbons (Fsp3) is 0.312. The van der Waals surface area contributed by atoms with Crippen LogP contribution in [0.3, 0.4) is 0 Å². The number of ether oxygens (including phenoxy) is 1. The van der Waals surface area contributed by atoms with Crippen LogP contribution in [0.15, 0.2) is 12.1 Å². The van der Waals surface area contributed by atoms with Crippen LogP contribution in [0.25, 0.3) is 0 Å². The molecule has 0 spiro atoms. The zero-order chi connectivity index (χ0) is 16.7. The summed E-state index contributed by atoms with van der Waals surface area (Å²) in [5.41, 5.74) is 2.59. The van der Waals surface area contributed by atoms with Gasteiger partial charge >= 0.3 is 0 Å². The number of benzene rings is 1. The van der Waals surface area contributed by atoms with Crippen LogP contribution in [0.4, 0.5) is 5.00 Å². The molecule has 0 radical (unpaired) electrons. The summed E-state index contributed by atoms with van der Waals surface area (Å²) in [5.74, 6) is 0.475. The molecule has 1 atom stereocenters. The van der Waals surface area contributed by atoms with Crippen LogP contribution < -0.4 is 15.4 Å². The molecule has 1 aliphatic heterocycles. The number of carbonyl (C=O) groups is 1. The predicted octanol–water partition coefficient (Wildman–Crippen LogP) is 3.93. The largest absolute Gasteiger partial charge is 0.504 e. The maximum Gasteiger partial charge on any atom is 0.256 e. The number of rotatable bonds is 3. The van der Waals surface area contributed by atoms with Gasteiger partial charge in [0.1, 0.15) is 11.2 Å². The van der Waals surface area contributed by atoms with Gasteiger partial charge in [-0.15, -0.1) is 11.3 Å². The summed E-state index contributed by atoms with van der Waals surface area (Å²) in [5, 5.41) is 17.3. The van der Waals surface area contributed by atoms with Crippen LogP contribution in [0, 0.1) is 17.4 Å². The van der Waals surface area contributed by atoms with Gasteiger partial charge in [-0.25, -0.2) is 0 Å². The van der Waals surface area contributed by atoms with Crippen molar-refractivity contribution in [3.05, 3.63) is 37.3 Å². The van der Waals surface area contributed by atoms with Gasteiger partial charge in [0, 0.05) is 4.88 Å². The van der Waals surface area contributed by atoms with E-state index in [-0.39, 0.29) is 17.8 Å². The van der Waals surface area contributed by atoms with Gasteiger partial charge in [0.2, 0.25) is 0 Å². The third-order valence-corrected chi connectivity index (χ3v) is 5.81. The monoisotopic (exact) mass is 444 g/mol. The minimum Gasteiger partial charge on any atom is -0.504 e. The Hall–Kier alpha value is -1.48. The van der Waals surface area contributed by atoms with E-state index in [2.05, 4.69) is 33.2 Å². The van der Waals surface area contributed by atoms with E-state index in [1.807, 2.05) is 26.8 Å². The molecule has 2 heterocycles. The van der Waals surface area contributed by atoms with Crippen LogP contribution in [0.1, 0.15) is 39.5 Å². The Morgan fingerprint density at radius 1 is 1.35 bits per heavy atom. The van der Waals surface area contributed by atoms with Crippen molar-refractivity contribution in [2.24, 2.45) is 0 Å². The van der Waals surface area contributed by atoms with E-state index in [1.165, 1.54) is 0 Å². The van der Waals surface area contributed by atoms with E-state index < -0.39 is 0 Å². The summed E-state index contributed by atoms with van der Waals surface area (Å²) in [6, 6.07) is 3.60. The molecule has 2 aromatic rings. The van der Waals surface area contributed by atoms with E-state index in [4.69, 9.17) is 4.74 Å². The molecular formula is C16H17IN2O3S. The minimum atomic E-state index is -0.347. The first-order valence-electron chi connectivity index (χ1n) is 7.25. The lowest BCUT2D eigenvalue weighted by Crippen LogP contribution is -2.38. The topological polar surface area (TPSA) is 70.6 Å². The van der Waals surface area contributed by atoms with Gasteiger partial charge in [0.15, 0.2) is 11.5 Å². The number of aryl methyl sites for hydroxylation is 1. The lowest BCUT2D eigenvalue weighted by Gasteiger charge is -2.27. The van der Waals surface area contributed by atoms with Gasteiger partial charge in [0.25, 0.3) is 5.91 Å². The summed E-state index contributed by atoms with van der Waals surface area (Å²) in [4.78, 5) is 13.6. The number of anilines is 1. The second-order valence-corrected chi connectivity index (χ2v) is 7.71. The molecule has 5 nitrogen and oxygen atoms in total. The highest BCUT2D eigenvalue weighted by Gasteiger charge is 2.29. The number of phenols is 1. The molecule has 1 amide bonds. The van der Waals surface area contributed by atoms with E-state index in [9.17, 15) is 9.90 Å². The number of hydrogen-bond donors (Lipinski definition) is 3. The van der Waals surface area contributed by atoms with Crippen LogP contribution in [0.2, 0.25) is 0 Å². The van der Waals surface area contributed by atoms with Gasteiger partial charge in [-0.05, 0) is 66.6 Å². The number of thiophene rings is 1. The Labute approximate surface area is 152 Å². The third-order valence-electron chi connectivity index (χ3n) is 3.85. The van der Waals surface area contributed by atoms with E-state index in [0.29, 0.717) is 15.9 Å². The molecule has 0 fully saturated rings. The summed E-state index contributed by atoms with van der Waals surface area (Å²) in [6.45, 7) is 6.30. The molecule has 3 N–H and O–H groups in total. The van der Waals surface area contributed by atoms with Crippen molar-refractivity contribution < 1.29 is 14.6 Å². The SMILES string of the molecule is CCOc1cc(C2NC(=O)c3c(sc(C)c3C)N2)cc(I)c1O. The zero-order valence-electron chi connectivity index (χ0n) is 13.0. The third kappa shape index (κ3) is 2.87. The smallest absolute Gasteiger partial charge is 0.256 e. The van der Waals surface area contributed by atoms with Crippen molar-refractivity contribution in [3.8, 4) is 11.5 Å². The number of carbonyl (C=O) groups excluding carboxylic acids is 1. The number of hydrogen-bond acceptors (Lipinski definition) is 5. The van der Waals surface area contributed by atoms with E-state index in [1.54, 1.807) is 17.4 Å². The average molecular weight is 444 g/mol. The van der Waals surface area contributed by atoms with Crippen molar-refractivity contribution >= 4 is 44.8 Å². The molecule has 122 valence electrons. The second kappa shape index (κ2) is 6.20. The lowest BCUT2D eigenvalue weighted by atomic mass is 10.1. The molecule has 1 aromatic heterocycles. The summed E-state index contributed by atoms with van der Waals surface area (Å²) >= 11 is 3.64. The molecule has 7 heteroatoms. The number of amides is 1. The molecule has 1 aromatic carbocycles. The standard InChI is InChI=1S/C16H17IN2O3S/c1-4-22-11-6-9(5-10(17)13(11)20)14-18-15(21)12-7(2)8(3)23-16(12)19-14/h5-6,14,19-20H,4H2,1-3H3,(H,18,21). The van der Waals surface area contributed by atoms with Crippen LogP contribution in [-0.2, 0) is 0 Å². The van der Waals surface area contributed by atoms with E-state index in [0.717, 1.165) is 26.6 Å². The van der Waals surface area contributed by atoms with Crippen molar-refractivity contribution in [2.75, 3.05) is 11.9 Å². The van der Waals surface area contributed by atoms with Gasteiger partial charge in [-0.2, -0.15) is 0 Å². The maximum absolute atomic E-state index is 12.4. The Kier molecular flexibility index (Phi) is 4.41. The number of phenolic OH excluding ortho intramolecular Hbond substituents is 1. The first-order chi connectivity index (χ1) is 10.9. The van der Waals surface area contributed by atoms with Crippen molar-refractivity contribution in [1.82, 2.24) is 5.32 Å².